The minimum atomic E-state index is -2.54. The van der Waals surface area contributed by atoms with Crippen LogP contribution >= 0.6 is 6.48 Å². The molecule has 0 amide bonds. The van der Waals surface area contributed by atoms with Crippen LogP contribution in [0.15, 0.2) is 121 Å². The van der Waals surface area contributed by atoms with Gasteiger partial charge in [-0.1, -0.05) is 0 Å². The first-order chi connectivity index (χ1) is 13.9. The molecule has 0 saturated heterocycles. The van der Waals surface area contributed by atoms with Crippen LogP contribution in [0.25, 0.3) is 0 Å². The van der Waals surface area contributed by atoms with Crippen molar-refractivity contribution in [3.8, 4) is 0 Å². The van der Waals surface area contributed by atoms with E-state index in [4.69, 9.17) is 0 Å². The molecule has 0 aromatic heterocycles. The second-order valence-electron chi connectivity index (χ2n) is 6.74. The second kappa shape index (κ2) is 8.91. The fourth-order valence-electron chi connectivity index (χ4n) is 3.92. The van der Waals surface area contributed by atoms with E-state index >= 15 is 0 Å². The zero-order valence-corrected chi connectivity index (χ0v) is 18.9. The van der Waals surface area contributed by atoms with E-state index in [9.17, 15) is 0 Å². The van der Waals surface area contributed by atoms with E-state index < -0.39 is 19.6 Å². The van der Waals surface area contributed by atoms with Gasteiger partial charge in [0.15, 0.2) is 0 Å². The molecule has 0 aliphatic rings. The Bertz CT molecular complexity index is 907. The van der Waals surface area contributed by atoms with Crippen LogP contribution in [-0.4, -0.2) is 13.1 Å². The van der Waals surface area contributed by atoms with Crippen molar-refractivity contribution in [2.24, 2.45) is 0 Å². The molecule has 0 atom stereocenters. The molecular weight excluding hydrogens is 418 g/mol. The molecule has 2 heteroatoms. The van der Waals surface area contributed by atoms with Gasteiger partial charge in [-0.15, -0.1) is 0 Å². The van der Waals surface area contributed by atoms with Crippen molar-refractivity contribution in [1.29, 1.82) is 0 Å². The molecule has 4 aromatic carbocycles. The molecule has 0 aliphatic carbocycles. The molecule has 4 rings (SSSR count). The van der Waals surface area contributed by atoms with Gasteiger partial charge in [0, 0.05) is 0 Å². The van der Waals surface area contributed by atoms with Gasteiger partial charge in [0.05, 0.1) is 0 Å². The molecule has 0 heterocycles. The Balaban J connectivity index is 2.05. The molecular formula is C26H25AsP. The summed E-state index contributed by atoms with van der Waals surface area (Å²) < 4.78 is 3.13. The van der Waals surface area contributed by atoms with E-state index in [-0.39, 0.29) is 0 Å². The number of hydrogen-bond donors (Lipinski definition) is 0. The van der Waals surface area contributed by atoms with Crippen LogP contribution in [-0.2, 0) is 0 Å². The number of benzene rings is 4. The summed E-state index contributed by atoms with van der Waals surface area (Å²) in [6.07, 6.45) is 0. The van der Waals surface area contributed by atoms with Gasteiger partial charge < -0.3 is 0 Å². The predicted molar refractivity (Wildman–Crippen MR) is 127 cm³/mol. The Hall–Kier alpha value is -2.13. The summed E-state index contributed by atoms with van der Waals surface area (Å²) in [6.45, 7) is 1.93. The van der Waals surface area contributed by atoms with E-state index in [1.165, 1.54) is 15.8 Å². The van der Waals surface area contributed by atoms with E-state index in [0.717, 1.165) is 0 Å². The summed E-state index contributed by atoms with van der Waals surface area (Å²) in [5, 5.41) is 4.19. The summed E-state index contributed by atoms with van der Waals surface area (Å²) in [5.74, 6) is 0. The molecule has 0 spiro atoms. The fourth-order valence-corrected chi connectivity index (χ4v) is 24.3. The number of rotatable bonds is 6. The zero-order chi connectivity index (χ0) is 19.2. The van der Waals surface area contributed by atoms with Crippen molar-refractivity contribution in [3.05, 3.63) is 121 Å². The van der Waals surface area contributed by atoms with Crippen LogP contribution in [0.2, 0.25) is 5.21 Å². The first kappa shape index (κ1) is 19.2. The van der Waals surface area contributed by atoms with Crippen molar-refractivity contribution < 1.29 is 0 Å². The molecule has 0 unspecified atom stereocenters. The van der Waals surface area contributed by atoms with E-state index in [0.29, 0.717) is 0 Å². The van der Waals surface area contributed by atoms with Gasteiger partial charge in [0.1, 0.15) is 0 Å². The van der Waals surface area contributed by atoms with Gasteiger partial charge >= 0.3 is 172 Å². The van der Waals surface area contributed by atoms with Crippen molar-refractivity contribution in [2.45, 2.75) is 12.1 Å². The van der Waals surface area contributed by atoms with Crippen LogP contribution in [0.4, 0.5) is 0 Å². The maximum absolute atomic E-state index is 2.54. The van der Waals surface area contributed by atoms with Crippen LogP contribution in [0, 0.1) is 0 Å². The summed E-state index contributed by atoms with van der Waals surface area (Å²) in [6, 6.07) is 45.1. The molecule has 0 saturated carbocycles. The standard InChI is InChI=1S/C26H25AsP/c1-2-27(23-15-7-3-8-16-23,24-17-9-4-10-18-24)28(25-19-11-5-12-20-25)26-21-13-6-14-22-26/h3-22H,2H2,1H3. The monoisotopic (exact) mass is 443 g/mol. The molecule has 4 aromatic rings. The van der Waals surface area contributed by atoms with Gasteiger partial charge in [-0.2, -0.15) is 0 Å². The average molecular weight is 443 g/mol. The van der Waals surface area contributed by atoms with E-state index in [1.54, 1.807) is 8.70 Å². The average Bonchev–Trinajstić information content (AvgIpc) is 2.80. The molecule has 0 fully saturated rings. The quantitative estimate of drug-likeness (QED) is 0.294. The second-order valence-corrected chi connectivity index (χ2v) is 21.2. The molecule has 0 N–H and O–H groups in total. The van der Waals surface area contributed by atoms with Crippen LogP contribution in [0.5, 0.6) is 0 Å². The van der Waals surface area contributed by atoms with Crippen LogP contribution < -0.4 is 19.3 Å². The third-order valence-corrected chi connectivity index (χ3v) is 25.3. The maximum atomic E-state index is 2.41. The van der Waals surface area contributed by atoms with E-state index in [1.807, 2.05) is 0 Å². The van der Waals surface area contributed by atoms with Gasteiger partial charge in [0.25, 0.3) is 0 Å². The Morgan fingerprint density at radius 2 is 0.821 bits per heavy atom. The number of hydrogen-bond acceptors (Lipinski definition) is 0. The van der Waals surface area contributed by atoms with Gasteiger partial charge in [-0.05, 0) is 0 Å². The van der Waals surface area contributed by atoms with Crippen molar-refractivity contribution >= 4 is 38.9 Å². The van der Waals surface area contributed by atoms with Crippen LogP contribution in [0.3, 0.4) is 0 Å². The molecule has 0 nitrogen and oxygen atoms in total. The molecule has 139 valence electrons. The third-order valence-electron chi connectivity index (χ3n) is 5.17. The van der Waals surface area contributed by atoms with Crippen molar-refractivity contribution in [2.75, 3.05) is 0 Å². The first-order valence-corrected chi connectivity index (χ1v) is 16.8. The summed E-state index contributed by atoms with van der Waals surface area (Å²) in [4.78, 5) is 0. The molecule has 1 radical (unpaired) electrons. The van der Waals surface area contributed by atoms with Gasteiger partial charge in [-0.25, -0.2) is 0 Å². The molecule has 28 heavy (non-hydrogen) atoms. The zero-order valence-electron chi connectivity index (χ0n) is 16.1. The fraction of sp³-hybridized carbons (Fsp3) is 0.0769. The van der Waals surface area contributed by atoms with Crippen LogP contribution in [0.1, 0.15) is 6.92 Å². The first-order valence-electron chi connectivity index (χ1n) is 9.76. The Kier molecular flexibility index (Phi) is 6.11. The Morgan fingerprint density at radius 3 is 1.14 bits per heavy atom. The van der Waals surface area contributed by atoms with Crippen molar-refractivity contribution in [1.82, 2.24) is 0 Å². The SMILES string of the molecule is CC[As](c1ccccc1)(c1ccccc1)P(c1ccccc1)c1ccccc1. The van der Waals surface area contributed by atoms with Gasteiger partial charge in [0.2, 0.25) is 0 Å². The normalized spacial score (nSPS) is 11.5. The molecule has 0 bridgehead atoms. The predicted octanol–water partition coefficient (Wildman–Crippen LogP) is 4.90. The summed E-state index contributed by atoms with van der Waals surface area (Å²) >= 11 is -2.54. The molecule has 0 aliphatic heterocycles. The van der Waals surface area contributed by atoms with Crippen molar-refractivity contribution in [3.63, 3.8) is 0 Å². The Morgan fingerprint density at radius 1 is 0.500 bits per heavy atom. The summed E-state index contributed by atoms with van der Waals surface area (Å²) in [5.41, 5.74) is 0. The third kappa shape index (κ3) is 3.60. The Labute approximate surface area is 172 Å². The van der Waals surface area contributed by atoms with E-state index in [2.05, 4.69) is 128 Å². The minimum absolute atomic E-state index is 0.479. The summed E-state index contributed by atoms with van der Waals surface area (Å²) in [7, 11) is 0. The van der Waals surface area contributed by atoms with Gasteiger partial charge in [-0.3, -0.25) is 0 Å². The topological polar surface area (TPSA) is 0 Å².